The standard InChI is InChI=1S/C16H15Cl2N5O3S/c1-2-5-22(8-12-20-21-15(26-12)11-4-3-6-27-11)13(24)9-23-16(25)14(18)10(17)7-19-23/h3-4,6-7H,2,5,8-9H2,1H3. The molecule has 27 heavy (non-hydrogen) atoms. The van der Waals surface area contributed by atoms with Crippen LogP contribution in [0.1, 0.15) is 19.2 Å². The first-order valence-corrected chi connectivity index (χ1v) is 9.68. The molecule has 0 N–H and O–H groups in total. The fourth-order valence-corrected chi connectivity index (χ4v) is 3.24. The summed E-state index contributed by atoms with van der Waals surface area (Å²) in [6.07, 6.45) is 1.95. The van der Waals surface area contributed by atoms with Gasteiger partial charge in [-0.3, -0.25) is 9.59 Å². The van der Waals surface area contributed by atoms with Gasteiger partial charge >= 0.3 is 0 Å². The number of aromatic nitrogens is 4. The van der Waals surface area contributed by atoms with Crippen LogP contribution in [0.15, 0.2) is 32.9 Å². The van der Waals surface area contributed by atoms with Crippen LogP contribution >= 0.6 is 34.5 Å². The van der Waals surface area contributed by atoms with Crippen LogP contribution in [0.2, 0.25) is 10.0 Å². The zero-order valence-electron chi connectivity index (χ0n) is 14.3. The monoisotopic (exact) mass is 427 g/mol. The molecule has 0 bridgehead atoms. The summed E-state index contributed by atoms with van der Waals surface area (Å²) in [5.41, 5.74) is -0.619. The molecule has 0 saturated heterocycles. The summed E-state index contributed by atoms with van der Waals surface area (Å²) in [5.74, 6) is 0.404. The van der Waals surface area contributed by atoms with Gasteiger partial charge in [0.05, 0.1) is 22.6 Å². The lowest BCUT2D eigenvalue weighted by Gasteiger charge is -2.20. The first-order valence-electron chi connectivity index (χ1n) is 8.04. The van der Waals surface area contributed by atoms with Gasteiger partial charge in [0.25, 0.3) is 11.4 Å². The van der Waals surface area contributed by atoms with E-state index in [0.717, 1.165) is 16.0 Å². The van der Waals surface area contributed by atoms with Crippen molar-refractivity contribution in [3.8, 4) is 10.8 Å². The van der Waals surface area contributed by atoms with E-state index in [4.69, 9.17) is 27.6 Å². The Morgan fingerprint density at radius 2 is 2.19 bits per heavy atom. The van der Waals surface area contributed by atoms with Crippen molar-refractivity contribution in [2.75, 3.05) is 6.54 Å². The molecule has 3 aromatic rings. The quantitative estimate of drug-likeness (QED) is 0.574. The van der Waals surface area contributed by atoms with Crippen LogP contribution in [0.4, 0.5) is 0 Å². The van der Waals surface area contributed by atoms with Gasteiger partial charge in [-0.05, 0) is 17.9 Å². The summed E-state index contributed by atoms with van der Waals surface area (Å²) in [6, 6.07) is 3.76. The third-order valence-electron chi connectivity index (χ3n) is 3.60. The van der Waals surface area contributed by atoms with E-state index in [2.05, 4.69) is 15.3 Å². The molecular weight excluding hydrogens is 413 g/mol. The molecule has 142 valence electrons. The largest absolute Gasteiger partial charge is 0.418 e. The molecule has 3 aromatic heterocycles. The Bertz CT molecular complexity index is 986. The molecule has 3 heterocycles. The highest BCUT2D eigenvalue weighted by Crippen LogP contribution is 2.23. The molecule has 0 aliphatic heterocycles. The number of hydrogen-bond acceptors (Lipinski definition) is 7. The van der Waals surface area contributed by atoms with Crippen LogP contribution in [0.25, 0.3) is 10.8 Å². The topological polar surface area (TPSA) is 94.1 Å². The van der Waals surface area contributed by atoms with Gasteiger partial charge in [0, 0.05) is 6.54 Å². The van der Waals surface area contributed by atoms with Gasteiger partial charge in [-0.15, -0.1) is 21.5 Å². The number of amides is 1. The van der Waals surface area contributed by atoms with Crippen LogP contribution in [-0.2, 0) is 17.9 Å². The molecular formula is C16H15Cl2N5O3S. The predicted octanol–water partition coefficient (Wildman–Crippen LogP) is 3.10. The summed E-state index contributed by atoms with van der Waals surface area (Å²) in [6.45, 7) is 2.28. The lowest BCUT2D eigenvalue weighted by atomic mass is 10.3. The Hall–Kier alpha value is -2.23. The Morgan fingerprint density at radius 3 is 2.89 bits per heavy atom. The molecule has 0 aliphatic carbocycles. The molecule has 11 heteroatoms. The first kappa shape index (κ1) is 19.5. The third-order valence-corrected chi connectivity index (χ3v) is 5.20. The molecule has 0 atom stereocenters. The fourth-order valence-electron chi connectivity index (χ4n) is 2.33. The molecule has 1 amide bonds. The molecule has 3 rings (SSSR count). The molecule has 0 spiro atoms. The zero-order chi connectivity index (χ0) is 19.4. The number of hydrogen-bond donors (Lipinski definition) is 0. The molecule has 0 saturated carbocycles. The van der Waals surface area contributed by atoms with Crippen molar-refractivity contribution >= 4 is 40.4 Å². The maximum Gasteiger partial charge on any atom is 0.287 e. The predicted molar refractivity (Wildman–Crippen MR) is 102 cm³/mol. The lowest BCUT2D eigenvalue weighted by Crippen LogP contribution is -2.37. The van der Waals surface area contributed by atoms with Crippen LogP contribution in [-0.4, -0.2) is 37.3 Å². The minimum absolute atomic E-state index is 0.0442. The normalized spacial score (nSPS) is 10.9. The van der Waals surface area contributed by atoms with Gasteiger partial charge in [-0.2, -0.15) is 5.10 Å². The van der Waals surface area contributed by atoms with Crippen LogP contribution in [0.5, 0.6) is 0 Å². The number of nitrogens with zero attached hydrogens (tertiary/aromatic N) is 5. The lowest BCUT2D eigenvalue weighted by molar-refractivity contribution is -0.133. The number of carbonyl (C=O) groups is 1. The van der Waals surface area contributed by atoms with Crippen molar-refractivity contribution in [2.45, 2.75) is 26.4 Å². The highest BCUT2D eigenvalue weighted by molar-refractivity contribution is 7.13. The second kappa shape index (κ2) is 8.64. The Morgan fingerprint density at radius 1 is 1.37 bits per heavy atom. The van der Waals surface area contributed by atoms with E-state index in [9.17, 15) is 9.59 Å². The molecule has 0 fully saturated rings. The van der Waals surface area contributed by atoms with Crippen LogP contribution in [0, 0.1) is 0 Å². The van der Waals surface area contributed by atoms with Crippen molar-refractivity contribution in [1.82, 2.24) is 24.9 Å². The van der Waals surface area contributed by atoms with Gasteiger partial charge in [-0.1, -0.05) is 36.2 Å². The van der Waals surface area contributed by atoms with E-state index in [0.29, 0.717) is 18.3 Å². The van der Waals surface area contributed by atoms with Crippen molar-refractivity contribution in [3.63, 3.8) is 0 Å². The average Bonchev–Trinajstić information content (AvgIpc) is 3.33. The third kappa shape index (κ3) is 4.55. The zero-order valence-corrected chi connectivity index (χ0v) is 16.6. The molecule has 8 nitrogen and oxygen atoms in total. The Kier molecular flexibility index (Phi) is 6.25. The summed E-state index contributed by atoms with van der Waals surface area (Å²) in [5, 5.41) is 13.7. The number of halogens is 2. The van der Waals surface area contributed by atoms with Crippen molar-refractivity contribution < 1.29 is 9.21 Å². The van der Waals surface area contributed by atoms with E-state index >= 15 is 0 Å². The van der Waals surface area contributed by atoms with Gasteiger partial charge in [0.2, 0.25) is 11.8 Å². The van der Waals surface area contributed by atoms with Gasteiger partial charge in [0.15, 0.2) is 0 Å². The highest BCUT2D eigenvalue weighted by Gasteiger charge is 2.19. The van der Waals surface area contributed by atoms with E-state index < -0.39 is 5.56 Å². The van der Waals surface area contributed by atoms with E-state index in [1.165, 1.54) is 22.4 Å². The summed E-state index contributed by atoms with van der Waals surface area (Å²) in [7, 11) is 0. The SMILES string of the molecule is CCCN(Cc1nnc(-c2cccs2)o1)C(=O)Cn1ncc(Cl)c(Cl)c1=O. The first-order chi connectivity index (χ1) is 13.0. The van der Waals surface area contributed by atoms with Gasteiger partial charge in [-0.25, -0.2) is 4.68 Å². The van der Waals surface area contributed by atoms with Crippen molar-refractivity contribution in [3.05, 3.63) is 50.0 Å². The molecule has 0 aliphatic rings. The van der Waals surface area contributed by atoms with Gasteiger partial charge in [0.1, 0.15) is 11.6 Å². The maximum absolute atomic E-state index is 12.7. The van der Waals surface area contributed by atoms with Crippen LogP contribution < -0.4 is 5.56 Å². The summed E-state index contributed by atoms with van der Waals surface area (Å²) in [4.78, 5) is 27.1. The highest BCUT2D eigenvalue weighted by atomic mass is 35.5. The van der Waals surface area contributed by atoms with Crippen molar-refractivity contribution in [2.24, 2.45) is 0 Å². The van der Waals surface area contributed by atoms with Crippen LogP contribution in [0.3, 0.4) is 0 Å². The Balaban J connectivity index is 1.74. The smallest absolute Gasteiger partial charge is 0.287 e. The minimum atomic E-state index is -0.619. The minimum Gasteiger partial charge on any atom is -0.418 e. The molecule has 0 aromatic carbocycles. The van der Waals surface area contributed by atoms with Crippen molar-refractivity contribution in [1.29, 1.82) is 0 Å². The summed E-state index contributed by atoms with van der Waals surface area (Å²) < 4.78 is 6.61. The molecule has 0 radical (unpaired) electrons. The number of carbonyl (C=O) groups excluding carboxylic acids is 1. The van der Waals surface area contributed by atoms with Gasteiger partial charge < -0.3 is 9.32 Å². The average molecular weight is 428 g/mol. The van der Waals surface area contributed by atoms with E-state index in [1.807, 2.05) is 24.4 Å². The maximum atomic E-state index is 12.7. The molecule has 0 unspecified atom stereocenters. The fraction of sp³-hybridized carbons (Fsp3) is 0.312. The number of rotatable bonds is 7. The number of thiophene rings is 1. The van der Waals surface area contributed by atoms with E-state index in [-0.39, 0.29) is 29.0 Å². The second-order valence-electron chi connectivity index (χ2n) is 5.56. The Labute approximate surface area is 168 Å². The summed E-state index contributed by atoms with van der Waals surface area (Å²) >= 11 is 13.1. The van der Waals surface area contributed by atoms with E-state index in [1.54, 1.807) is 0 Å². The second-order valence-corrected chi connectivity index (χ2v) is 7.30.